The van der Waals surface area contributed by atoms with Crippen molar-refractivity contribution in [1.29, 1.82) is 0 Å². The normalized spacial score (nSPS) is 13.9. The molecule has 2 atom stereocenters. The van der Waals surface area contributed by atoms with E-state index in [0.29, 0.717) is 0 Å². The summed E-state index contributed by atoms with van der Waals surface area (Å²) in [5, 5.41) is 19.4. The number of hydrogen-bond acceptors (Lipinski definition) is 4. The van der Waals surface area contributed by atoms with Crippen LogP contribution < -0.4 is 5.32 Å². The number of hydrogen-bond donors (Lipinski definition) is 3. The maximum absolute atomic E-state index is 10.7. The summed E-state index contributed by atoms with van der Waals surface area (Å²) < 4.78 is 0. The molecule has 1 amide bonds. The number of carbonyl (C=O) groups excluding carboxylic acids is 1. The van der Waals surface area contributed by atoms with E-state index in [2.05, 4.69) is 5.32 Å². The molecule has 0 heterocycles. The number of carboxylic acids is 2. The van der Waals surface area contributed by atoms with E-state index in [0.717, 1.165) is 0 Å². The highest BCUT2D eigenvalue weighted by Gasteiger charge is 2.20. The van der Waals surface area contributed by atoms with Crippen molar-refractivity contribution in [3.8, 4) is 0 Å². The van der Waals surface area contributed by atoms with E-state index in [1.807, 2.05) is 0 Å². The smallest absolute Gasteiger partial charge is 0.327 e. The Labute approximate surface area is 97.4 Å². The molecule has 0 radical (unpaired) electrons. The summed E-state index contributed by atoms with van der Waals surface area (Å²) in [5.41, 5.74) is 0. The van der Waals surface area contributed by atoms with Crippen LogP contribution in [0.5, 0.6) is 0 Å². The van der Waals surface area contributed by atoms with E-state index in [9.17, 15) is 14.4 Å². The molecule has 7 heteroatoms. The summed E-state index contributed by atoms with van der Waals surface area (Å²) in [7, 11) is 0. The minimum atomic E-state index is -1.12. The van der Waals surface area contributed by atoms with Crippen molar-refractivity contribution >= 4 is 29.6 Å². The highest BCUT2D eigenvalue weighted by molar-refractivity contribution is 7.99. The van der Waals surface area contributed by atoms with Crippen molar-refractivity contribution < 1.29 is 24.6 Å². The van der Waals surface area contributed by atoms with Crippen LogP contribution in [0.25, 0.3) is 0 Å². The average Bonchev–Trinajstić information content (AvgIpc) is 2.09. The molecule has 16 heavy (non-hydrogen) atoms. The lowest BCUT2D eigenvalue weighted by Gasteiger charge is -2.15. The van der Waals surface area contributed by atoms with E-state index >= 15 is 0 Å². The van der Waals surface area contributed by atoms with Crippen molar-refractivity contribution in [1.82, 2.24) is 5.32 Å². The maximum atomic E-state index is 10.7. The first-order valence-corrected chi connectivity index (χ1v) is 5.71. The second-order valence-electron chi connectivity index (χ2n) is 3.33. The molecule has 1 unspecified atom stereocenters. The van der Waals surface area contributed by atoms with Gasteiger partial charge in [0.25, 0.3) is 0 Å². The van der Waals surface area contributed by atoms with Gasteiger partial charge in [-0.25, -0.2) is 4.79 Å². The summed E-state index contributed by atoms with van der Waals surface area (Å²) in [6.45, 7) is 2.94. The third-order valence-corrected chi connectivity index (χ3v) is 2.95. The number of rotatable bonds is 7. The Hall–Kier alpha value is -1.24. The van der Waals surface area contributed by atoms with Gasteiger partial charge < -0.3 is 15.5 Å². The van der Waals surface area contributed by atoms with Crippen molar-refractivity contribution in [2.24, 2.45) is 0 Å². The molecule has 0 aromatic carbocycles. The van der Waals surface area contributed by atoms with Gasteiger partial charge in [0.2, 0.25) is 5.91 Å². The molecule has 0 rings (SSSR count). The molecule has 0 spiro atoms. The highest BCUT2D eigenvalue weighted by atomic mass is 32.2. The van der Waals surface area contributed by atoms with Gasteiger partial charge in [0.05, 0.1) is 6.42 Å². The van der Waals surface area contributed by atoms with Crippen molar-refractivity contribution in [2.45, 2.75) is 31.6 Å². The average molecular weight is 249 g/mol. The molecule has 0 fully saturated rings. The molecule has 0 aromatic rings. The fourth-order valence-electron chi connectivity index (χ4n) is 0.985. The third kappa shape index (κ3) is 7.10. The molecule has 0 saturated carbocycles. The molecule has 0 aliphatic rings. The van der Waals surface area contributed by atoms with Crippen molar-refractivity contribution in [2.75, 3.05) is 5.75 Å². The zero-order valence-corrected chi connectivity index (χ0v) is 9.91. The zero-order chi connectivity index (χ0) is 12.7. The largest absolute Gasteiger partial charge is 0.481 e. The fraction of sp³-hybridized carbons (Fsp3) is 0.667. The Balaban J connectivity index is 4.06. The monoisotopic (exact) mass is 249 g/mol. The number of thioether (sulfide) groups is 1. The molecular formula is C9H15NO5S. The van der Waals surface area contributed by atoms with Crippen LogP contribution >= 0.6 is 11.8 Å². The Morgan fingerprint density at radius 1 is 1.31 bits per heavy atom. The van der Waals surface area contributed by atoms with Gasteiger partial charge in [-0.3, -0.25) is 9.59 Å². The van der Waals surface area contributed by atoms with Gasteiger partial charge in [0.15, 0.2) is 0 Å². The summed E-state index contributed by atoms with van der Waals surface area (Å²) in [6, 6.07) is -0.973. The molecule has 0 aromatic heterocycles. The van der Waals surface area contributed by atoms with Gasteiger partial charge >= 0.3 is 11.9 Å². The molecule has 92 valence electrons. The van der Waals surface area contributed by atoms with Gasteiger partial charge in [-0.05, 0) is 0 Å². The lowest BCUT2D eigenvalue weighted by atomic mass is 10.3. The zero-order valence-electron chi connectivity index (χ0n) is 9.10. The Morgan fingerprint density at radius 3 is 2.25 bits per heavy atom. The van der Waals surface area contributed by atoms with Gasteiger partial charge in [-0.1, -0.05) is 6.92 Å². The minimum absolute atomic E-state index is 0.0307. The van der Waals surface area contributed by atoms with E-state index in [1.54, 1.807) is 6.92 Å². The van der Waals surface area contributed by atoms with E-state index in [1.165, 1.54) is 18.7 Å². The number of aliphatic carboxylic acids is 2. The first-order chi connectivity index (χ1) is 7.32. The first-order valence-electron chi connectivity index (χ1n) is 4.66. The second-order valence-corrected chi connectivity index (χ2v) is 4.80. The van der Waals surface area contributed by atoms with E-state index in [4.69, 9.17) is 10.2 Å². The third-order valence-electron chi connectivity index (χ3n) is 1.69. The number of amides is 1. The van der Waals surface area contributed by atoms with E-state index < -0.39 is 23.9 Å². The molecular weight excluding hydrogens is 234 g/mol. The van der Waals surface area contributed by atoms with Crippen molar-refractivity contribution in [3.63, 3.8) is 0 Å². The first kappa shape index (κ1) is 14.8. The van der Waals surface area contributed by atoms with Gasteiger partial charge in [-0.2, -0.15) is 11.8 Å². The predicted octanol–water partition coefficient (Wildman–Crippen LogP) is 0.172. The Kier molecular flexibility index (Phi) is 6.55. The van der Waals surface area contributed by atoms with Crippen LogP contribution in [0.3, 0.4) is 0 Å². The molecule has 3 N–H and O–H groups in total. The lowest BCUT2D eigenvalue weighted by Crippen LogP contribution is -2.41. The lowest BCUT2D eigenvalue weighted by molar-refractivity contribution is -0.140. The van der Waals surface area contributed by atoms with Crippen LogP contribution in [0.1, 0.15) is 20.3 Å². The maximum Gasteiger partial charge on any atom is 0.327 e. The van der Waals surface area contributed by atoms with Crippen LogP contribution in [0.2, 0.25) is 0 Å². The van der Waals surface area contributed by atoms with Crippen LogP contribution in [0, 0.1) is 0 Å². The number of nitrogens with one attached hydrogen (secondary N) is 1. The second kappa shape index (κ2) is 7.10. The van der Waals surface area contributed by atoms with Crippen molar-refractivity contribution in [3.05, 3.63) is 0 Å². The SMILES string of the molecule is CC(=O)N[C@@H](CSC(C)CC(=O)O)C(=O)O. The summed E-state index contributed by atoms with van der Waals surface area (Å²) in [6.07, 6.45) is -0.0307. The Bertz CT molecular complexity index is 281. The highest BCUT2D eigenvalue weighted by Crippen LogP contribution is 2.15. The predicted molar refractivity (Wildman–Crippen MR) is 59.4 cm³/mol. The van der Waals surface area contributed by atoms with Gasteiger partial charge in [0, 0.05) is 17.9 Å². The summed E-state index contributed by atoms with van der Waals surface area (Å²) in [5.74, 6) is -2.31. The topological polar surface area (TPSA) is 104 Å². The van der Waals surface area contributed by atoms with Crippen LogP contribution in [-0.4, -0.2) is 45.1 Å². The molecule has 0 aliphatic heterocycles. The summed E-state index contributed by atoms with van der Waals surface area (Å²) in [4.78, 5) is 31.8. The molecule has 0 bridgehead atoms. The molecule has 0 aliphatic carbocycles. The fourth-order valence-corrected chi connectivity index (χ4v) is 1.99. The Morgan fingerprint density at radius 2 is 1.88 bits per heavy atom. The molecule has 0 saturated heterocycles. The molecule has 6 nitrogen and oxygen atoms in total. The van der Waals surface area contributed by atoms with E-state index in [-0.39, 0.29) is 17.4 Å². The van der Waals surface area contributed by atoms with Crippen LogP contribution in [0.15, 0.2) is 0 Å². The summed E-state index contributed by atoms with van der Waals surface area (Å²) >= 11 is 1.21. The van der Waals surface area contributed by atoms with Crippen LogP contribution in [0.4, 0.5) is 0 Å². The standard InChI is InChI=1S/C9H15NO5S/c1-5(3-8(12)13)16-4-7(9(14)15)10-6(2)11/h5,7H,3-4H2,1-2H3,(H,10,11)(H,12,13)(H,14,15)/t5?,7-/m0/s1. The van der Waals surface area contributed by atoms with Gasteiger partial charge in [0.1, 0.15) is 6.04 Å². The minimum Gasteiger partial charge on any atom is -0.481 e. The number of carbonyl (C=O) groups is 3. The van der Waals surface area contributed by atoms with Gasteiger partial charge in [-0.15, -0.1) is 0 Å². The number of carboxylic acid groups (broad SMARTS) is 2. The quantitative estimate of drug-likeness (QED) is 0.594. The van der Waals surface area contributed by atoms with Crippen LogP contribution in [-0.2, 0) is 14.4 Å².